The first-order valence-electron chi connectivity index (χ1n) is 5.60. The van der Waals surface area contributed by atoms with Gasteiger partial charge in [0.15, 0.2) is 0 Å². The highest BCUT2D eigenvalue weighted by atomic mass is 19.4. The van der Waals surface area contributed by atoms with Crippen molar-refractivity contribution in [2.45, 2.75) is 25.5 Å². The second kappa shape index (κ2) is 6.38. The lowest BCUT2D eigenvalue weighted by molar-refractivity contribution is -0.276. The number of nitrogens with zero attached hydrogens (tertiary/aromatic N) is 1. The molecule has 1 heterocycles. The molecule has 2 N–H and O–H groups in total. The summed E-state index contributed by atoms with van der Waals surface area (Å²) in [5, 5.41) is 0. The van der Waals surface area contributed by atoms with E-state index in [9.17, 15) is 31.1 Å². The van der Waals surface area contributed by atoms with E-state index in [0.29, 0.717) is 6.07 Å². The number of rotatable bonds is 4. The Morgan fingerprint density at radius 3 is 2.27 bits per heavy atom. The van der Waals surface area contributed by atoms with Gasteiger partial charge in [0.1, 0.15) is 0 Å². The smallest absolute Gasteiger partial charge is 0.469 e. The first kappa shape index (κ1) is 18.0. The quantitative estimate of drug-likeness (QED) is 0.676. The summed E-state index contributed by atoms with van der Waals surface area (Å²) in [6.45, 7) is -0.883. The van der Waals surface area contributed by atoms with Crippen molar-refractivity contribution in [1.29, 1.82) is 0 Å². The van der Waals surface area contributed by atoms with Gasteiger partial charge >= 0.3 is 18.5 Å². The number of alkyl halides is 6. The fourth-order valence-corrected chi connectivity index (χ4v) is 1.55. The van der Waals surface area contributed by atoms with Gasteiger partial charge in [-0.1, -0.05) is 0 Å². The summed E-state index contributed by atoms with van der Waals surface area (Å²) in [7, 11) is 0.967. The lowest BCUT2D eigenvalue weighted by Crippen LogP contribution is -2.23. The highest BCUT2D eigenvalue weighted by Crippen LogP contribution is 2.37. The van der Waals surface area contributed by atoms with Crippen molar-refractivity contribution in [3.05, 3.63) is 22.9 Å². The van der Waals surface area contributed by atoms with Crippen molar-refractivity contribution < 1.29 is 40.6 Å². The Morgan fingerprint density at radius 2 is 1.86 bits per heavy atom. The summed E-state index contributed by atoms with van der Waals surface area (Å²) in [4.78, 5) is 14.3. The van der Waals surface area contributed by atoms with Crippen LogP contribution in [0, 0.1) is 0 Å². The number of carbonyl (C=O) groups excluding carboxylic acids is 1. The fraction of sp³-hybridized carbons (Fsp3) is 0.455. The van der Waals surface area contributed by atoms with Crippen LogP contribution >= 0.6 is 0 Å². The molecule has 0 aliphatic heterocycles. The molecule has 124 valence electrons. The second-order valence-electron chi connectivity index (χ2n) is 3.95. The average molecular weight is 332 g/mol. The third-order valence-corrected chi connectivity index (χ3v) is 2.41. The number of carbonyl (C=O) groups is 1. The molecule has 11 heteroatoms. The predicted octanol–water partition coefficient (Wildman–Crippen LogP) is 2.17. The molecule has 1 aromatic heterocycles. The van der Waals surface area contributed by atoms with Crippen molar-refractivity contribution in [3.63, 3.8) is 0 Å². The molecule has 0 unspecified atom stereocenters. The van der Waals surface area contributed by atoms with Gasteiger partial charge in [0.2, 0.25) is 5.88 Å². The van der Waals surface area contributed by atoms with E-state index in [2.05, 4.69) is 14.5 Å². The van der Waals surface area contributed by atoms with Gasteiger partial charge in [-0.2, -0.15) is 13.2 Å². The van der Waals surface area contributed by atoms with Crippen LogP contribution in [0.1, 0.15) is 16.8 Å². The first-order valence-corrected chi connectivity index (χ1v) is 5.60. The second-order valence-corrected chi connectivity index (χ2v) is 3.95. The van der Waals surface area contributed by atoms with Crippen LogP contribution in [0.5, 0.6) is 5.88 Å². The van der Waals surface area contributed by atoms with Crippen LogP contribution in [0.3, 0.4) is 0 Å². The van der Waals surface area contributed by atoms with E-state index in [1.54, 1.807) is 0 Å². The van der Waals surface area contributed by atoms with Crippen LogP contribution in [0.4, 0.5) is 26.3 Å². The van der Waals surface area contributed by atoms with E-state index in [4.69, 9.17) is 5.73 Å². The van der Waals surface area contributed by atoms with Gasteiger partial charge in [-0.15, -0.1) is 13.2 Å². The summed E-state index contributed by atoms with van der Waals surface area (Å²) in [6, 6.07) is 0.433. The molecule has 0 radical (unpaired) electrons. The van der Waals surface area contributed by atoms with Crippen molar-refractivity contribution in [2.75, 3.05) is 7.11 Å². The maximum atomic E-state index is 12.9. The van der Waals surface area contributed by atoms with Crippen LogP contribution in [-0.4, -0.2) is 24.4 Å². The lowest BCUT2D eigenvalue weighted by atomic mass is 10.1. The molecule has 1 aromatic rings. The molecular weight excluding hydrogens is 322 g/mol. The van der Waals surface area contributed by atoms with Crippen LogP contribution in [0.25, 0.3) is 0 Å². The zero-order valence-corrected chi connectivity index (χ0v) is 11.0. The number of hydrogen-bond acceptors (Lipinski definition) is 5. The molecule has 22 heavy (non-hydrogen) atoms. The number of pyridine rings is 1. The maximum absolute atomic E-state index is 12.9. The minimum Gasteiger partial charge on any atom is -0.469 e. The average Bonchev–Trinajstić information content (AvgIpc) is 2.35. The van der Waals surface area contributed by atoms with Gasteiger partial charge in [0.25, 0.3) is 0 Å². The molecule has 0 aromatic carbocycles. The first-order chi connectivity index (χ1) is 9.97. The van der Waals surface area contributed by atoms with Crippen molar-refractivity contribution in [1.82, 2.24) is 4.98 Å². The number of ether oxygens (including phenoxy) is 2. The topological polar surface area (TPSA) is 74.4 Å². The van der Waals surface area contributed by atoms with Gasteiger partial charge in [0, 0.05) is 12.1 Å². The van der Waals surface area contributed by atoms with Gasteiger partial charge in [-0.3, -0.25) is 4.79 Å². The monoisotopic (exact) mass is 332 g/mol. The van der Waals surface area contributed by atoms with Crippen molar-refractivity contribution in [3.8, 4) is 5.88 Å². The fourth-order valence-electron chi connectivity index (χ4n) is 1.55. The minimum atomic E-state index is -5.26. The SMILES string of the molecule is COC(=O)Cc1cc(C(F)(F)F)c(CN)c(OC(F)(F)F)n1. The molecular formula is C11H10F6N2O3. The molecule has 0 bridgehead atoms. The zero-order valence-electron chi connectivity index (χ0n) is 11.0. The van der Waals surface area contributed by atoms with Gasteiger partial charge in [-0.25, -0.2) is 4.98 Å². The molecule has 0 fully saturated rings. The summed E-state index contributed by atoms with van der Waals surface area (Å²) >= 11 is 0. The largest absolute Gasteiger partial charge is 0.574 e. The molecule has 0 saturated carbocycles. The summed E-state index contributed by atoms with van der Waals surface area (Å²) < 4.78 is 83.2. The molecule has 0 aliphatic rings. The molecule has 0 atom stereocenters. The molecule has 0 saturated heterocycles. The van der Waals surface area contributed by atoms with Gasteiger partial charge in [0.05, 0.1) is 24.8 Å². The number of methoxy groups -OCH3 is 1. The number of esters is 1. The normalized spacial score (nSPS) is 12.2. The predicted molar refractivity (Wildman–Crippen MR) is 59.5 cm³/mol. The molecule has 5 nitrogen and oxygen atoms in total. The minimum absolute atomic E-state index is 0.433. The van der Waals surface area contributed by atoms with E-state index in [1.807, 2.05) is 0 Å². The maximum Gasteiger partial charge on any atom is 0.574 e. The lowest BCUT2D eigenvalue weighted by Gasteiger charge is -2.18. The van der Waals surface area contributed by atoms with Crippen LogP contribution in [-0.2, 0) is 28.7 Å². The van der Waals surface area contributed by atoms with E-state index in [1.165, 1.54) is 0 Å². The van der Waals surface area contributed by atoms with Crippen molar-refractivity contribution >= 4 is 5.97 Å². The Labute approximate surface area is 120 Å². The van der Waals surface area contributed by atoms with Crippen LogP contribution in [0.15, 0.2) is 6.07 Å². The highest BCUT2D eigenvalue weighted by Gasteiger charge is 2.39. The molecule has 0 amide bonds. The summed E-state index contributed by atoms with van der Waals surface area (Å²) in [6.07, 6.45) is -11.0. The summed E-state index contributed by atoms with van der Waals surface area (Å²) in [5.74, 6) is -2.32. The Morgan fingerprint density at radius 1 is 1.27 bits per heavy atom. The molecule has 0 aliphatic carbocycles. The van der Waals surface area contributed by atoms with Gasteiger partial charge < -0.3 is 15.2 Å². The third-order valence-electron chi connectivity index (χ3n) is 2.41. The summed E-state index contributed by atoms with van der Waals surface area (Å²) in [5.41, 5.74) is 2.06. The third kappa shape index (κ3) is 4.76. The van der Waals surface area contributed by atoms with E-state index in [0.717, 1.165) is 7.11 Å². The Bertz CT molecular complexity index is 556. The van der Waals surface area contributed by atoms with Crippen molar-refractivity contribution in [2.24, 2.45) is 5.73 Å². The van der Waals surface area contributed by atoms with E-state index in [-0.39, 0.29) is 0 Å². The molecule has 0 spiro atoms. The number of halogens is 6. The Balaban J connectivity index is 3.44. The molecule has 1 rings (SSSR count). The standard InChI is InChI=1S/C11H10F6N2O3/c1-21-8(20)3-5-2-7(10(12,13)14)6(4-18)9(19-5)22-11(15,16)17/h2H,3-4,18H2,1H3. The van der Waals surface area contributed by atoms with Crippen LogP contribution < -0.4 is 10.5 Å². The number of aromatic nitrogens is 1. The number of hydrogen-bond donors (Lipinski definition) is 1. The van der Waals surface area contributed by atoms with Gasteiger partial charge in [-0.05, 0) is 6.07 Å². The van der Waals surface area contributed by atoms with E-state index < -0.39 is 54.2 Å². The number of nitrogens with two attached hydrogens (primary N) is 1. The van der Waals surface area contributed by atoms with E-state index >= 15 is 0 Å². The highest BCUT2D eigenvalue weighted by molar-refractivity contribution is 5.72. The zero-order chi connectivity index (χ0) is 17.1. The Hall–Kier alpha value is -2.04. The van der Waals surface area contributed by atoms with Crippen LogP contribution in [0.2, 0.25) is 0 Å². The Kier molecular flexibility index (Phi) is 5.22.